The van der Waals surface area contributed by atoms with Crippen LogP contribution in [0.3, 0.4) is 0 Å². The molecule has 1 rings (SSSR count). The van der Waals surface area contributed by atoms with Gasteiger partial charge in [0.1, 0.15) is 0 Å². The van der Waals surface area contributed by atoms with Gasteiger partial charge in [0.25, 0.3) is 0 Å². The van der Waals surface area contributed by atoms with E-state index in [4.69, 9.17) is 5.11 Å². The molecule has 14 heavy (non-hydrogen) atoms. The van der Waals surface area contributed by atoms with Crippen molar-refractivity contribution in [3.63, 3.8) is 0 Å². The van der Waals surface area contributed by atoms with E-state index in [1.165, 1.54) is 0 Å². The van der Waals surface area contributed by atoms with Crippen LogP contribution in [0, 0.1) is 0 Å². The summed E-state index contributed by atoms with van der Waals surface area (Å²) in [7, 11) is 0. The quantitative estimate of drug-likeness (QED) is 0.857. The van der Waals surface area contributed by atoms with Crippen LogP contribution in [0.2, 0.25) is 0 Å². The molecule has 1 aromatic carbocycles. The number of hydrogen-bond acceptors (Lipinski definition) is 2. The Morgan fingerprint density at radius 3 is 2.86 bits per heavy atom. The van der Waals surface area contributed by atoms with E-state index in [9.17, 15) is 4.79 Å². The van der Waals surface area contributed by atoms with Crippen molar-refractivity contribution in [3.8, 4) is 0 Å². The Balaban J connectivity index is 2.88. The number of hydrogen-bond donors (Lipinski definition) is 1. The van der Waals surface area contributed by atoms with Gasteiger partial charge >= 0.3 is 5.97 Å². The van der Waals surface area contributed by atoms with Crippen LogP contribution < -0.4 is 0 Å². The maximum absolute atomic E-state index is 10.5. The lowest BCUT2D eigenvalue weighted by Crippen LogP contribution is -1.99. The summed E-state index contributed by atoms with van der Waals surface area (Å²) in [6.45, 7) is 2.07. The lowest BCUT2D eigenvalue weighted by molar-refractivity contribution is -0.136. The standard InChI is InChI=1S/C10H11BrO2S/c1-2-14-9-5-7(6-10(12)13)3-4-8(9)11/h3-5H,2,6H2,1H3,(H,12,13). The molecule has 0 saturated heterocycles. The number of carboxylic acid groups (broad SMARTS) is 1. The van der Waals surface area contributed by atoms with E-state index in [1.807, 2.05) is 18.2 Å². The molecule has 0 spiro atoms. The van der Waals surface area contributed by atoms with E-state index >= 15 is 0 Å². The minimum Gasteiger partial charge on any atom is -0.481 e. The number of thioether (sulfide) groups is 1. The van der Waals surface area contributed by atoms with Gasteiger partial charge in [-0.2, -0.15) is 0 Å². The molecular weight excluding hydrogens is 264 g/mol. The minimum atomic E-state index is -0.792. The summed E-state index contributed by atoms with van der Waals surface area (Å²) >= 11 is 5.13. The smallest absolute Gasteiger partial charge is 0.307 e. The van der Waals surface area contributed by atoms with Crippen molar-refractivity contribution < 1.29 is 9.90 Å². The first-order chi connectivity index (χ1) is 6.63. The van der Waals surface area contributed by atoms with Crippen LogP contribution in [0.25, 0.3) is 0 Å². The molecule has 0 unspecified atom stereocenters. The first-order valence-electron chi connectivity index (χ1n) is 4.26. The molecule has 0 fully saturated rings. The molecule has 4 heteroatoms. The highest BCUT2D eigenvalue weighted by Gasteiger charge is 2.04. The molecule has 0 heterocycles. The molecule has 0 atom stereocenters. The summed E-state index contributed by atoms with van der Waals surface area (Å²) in [5.74, 6) is 0.189. The normalized spacial score (nSPS) is 10.1. The summed E-state index contributed by atoms with van der Waals surface area (Å²) in [6, 6.07) is 5.65. The zero-order valence-corrected chi connectivity index (χ0v) is 10.2. The molecule has 0 amide bonds. The van der Waals surface area contributed by atoms with E-state index in [-0.39, 0.29) is 6.42 Å². The zero-order valence-electron chi connectivity index (χ0n) is 7.79. The molecule has 76 valence electrons. The van der Waals surface area contributed by atoms with Crippen LogP contribution in [0.5, 0.6) is 0 Å². The Bertz CT molecular complexity index is 339. The Morgan fingerprint density at radius 1 is 1.57 bits per heavy atom. The Kier molecular flexibility index (Phi) is 4.48. The second kappa shape index (κ2) is 5.41. The number of rotatable bonds is 4. The fourth-order valence-electron chi connectivity index (χ4n) is 1.10. The number of halogens is 1. The second-order valence-electron chi connectivity index (χ2n) is 2.77. The van der Waals surface area contributed by atoms with E-state index in [0.29, 0.717) is 0 Å². The summed E-state index contributed by atoms with van der Waals surface area (Å²) in [5, 5.41) is 8.64. The van der Waals surface area contributed by atoms with Gasteiger partial charge in [0.05, 0.1) is 6.42 Å². The molecule has 2 nitrogen and oxygen atoms in total. The second-order valence-corrected chi connectivity index (χ2v) is 4.93. The van der Waals surface area contributed by atoms with Crippen molar-refractivity contribution in [2.75, 3.05) is 5.75 Å². The number of carbonyl (C=O) groups is 1. The predicted octanol–water partition coefficient (Wildman–Crippen LogP) is 3.19. The molecule has 0 radical (unpaired) electrons. The van der Waals surface area contributed by atoms with Gasteiger partial charge in [0, 0.05) is 9.37 Å². The van der Waals surface area contributed by atoms with E-state index in [2.05, 4.69) is 22.9 Å². The van der Waals surface area contributed by atoms with Crippen LogP contribution in [-0.2, 0) is 11.2 Å². The SMILES string of the molecule is CCSc1cc(CC(=O)O)ccc1Br. The van der Waals surface area contributed by atoms with E-state index in [1.54, 1.807) is 11.8 Å². The molecule has 0 aliphatic carbocycles. The van der Waals surface area contributed by atoms with Crippen molar-refractivity contribution in [1.29, 1.82) is 0 Å². The molecule has 0 aliphatic rings. The van der Waals surface area contributed by atoms with Crippen molar-refractivity contribution in [2.24, 2.45) is 0 Å². The lowest BCUT2D eigenvalue weighted by atomic mass is 10.2. The number of carboxylic acids is 1. The van der Waals surface area contributed by atoms with Crippen LogP contribution in [0.1, 0.15) is 12.5 Å². The first-order valence-corrected chi connectivity index (χ1v) is 6.04. The van der Waals surface area contributed by atoms with Gasteiger partial charge in [-0.15, -0.1) is 11.8 Å². The first kappa shape index (κ1) is 11.6. The van der Waals surface area contributed by atoms with Gasteiger partial charge in [-0.1, -0.05) is 13.0 Å². The highest BCUT2D eigenvalue weighted by Crippen LogP contribution is 2.28. The molecule has 0 bridgehead atoms. The predicted molar refractivity (Wildman–Crippen MR) is 61.9 cm³/mol. The summed E-state index contributed by atoms with van der Waals surface area (Å²) in [5.41, 5.74) is 0.844. The topological polar surface area (TPSA) is 37.3 Å². The van der Waals surface area contributed by atoms with Crippen molar-refractivity contribution >= 4 is 33.7 Å². The van der Waals surface area contributed by atoms with Crippen LogP contribution in [-0.4, -0.2) is 16.8 Å². The fourth-order valence-corrected chi connectivity index (χ4v) is 2.44. The van der Waals surface area contributed by atoms with Crippen LogP contribution in [0.15, 0.2) is 27.6 Å². The van der Waals surface area contributed by atoms with Gasteiger partial charge in [0.15, 0.2) is 0 Å². The Labute approximate surface area is 95.8 Å². The third kappa shape index (κ3) is 3.35. The van der Waals surface area contributed by atoms with Crippen LogP contribution >= 0.6 is 27.7 Å². The van der Waals surface area contributed by atoms with Gasteiger partial charge < -0.3 is 5.11 Å². The van der Waals surface area contributed by atoms with Gasteiger partial charge in [-0.25, -0.2) is 0 Å². The highest BCUT2D eigenvalue weighted by molar-refractivity contribution is 9.10. The third-order valence-corrected chi connectivity index (χ3v) is 3.54. The third-order valence-electron chi connectivity index (χ3n) is 1.65. The highest BCUT2D eigenvalue weighted by atomic mass is 79.9. The van der Waals surface area contributed by atoms with Gasteiger partial charge in [0.2, 0.25) is 0 Å². The fraction of sp³-hybridized carbons (Fsp3) is 0.300. The molecule has 0 aromatic heterocycles. The average molecular weight is 275 g/mol. The minimum absolute atomic E-state index is 0.0879. The largest absolute Gasteiger partial charge is 0.481 e. The molecule has 0 saturated carbocycles. The van der Waals surface area contributed by atoms with Crippen molar-refractivity contribution in [3.05, 3.63) is 28.2 Å². The summed E-state index contributed by atoms with van der Waals surface area (Å²) in [4.78, 5) is 11.6. The lowest BCUT2D eigenvalue weighted by Gasteiger charge is -2.04. The molecule has 1 aromatic rings. The summed E-state index contributed by atoms with van der Waals surface area (Å²) in [6.07, 6.45) is 0.0879. The number of benzene rings is 1. The molecular formula is C10H11BrO2S. The van der Waals surface area contributed by atoms with Gasteiger partial charge in [-0.05, 0) is 39.4 Å². The summed E-state index contributed by atoms with van der Waals surface area (Å²) < 4.78 is 1.03. The molecule has 1 N–H and O–H groups in total. The maximum atomic E-state index is 10.5. The Hall–Kier alpha value is -0.480. The van der Waals surface area contributed by atoms with Crippen molar-refractivity contribution in [1.82, 2.24) is 0 Å². The molecule has 0 aliphatic heterocycles. The zero-order chi connectivity index (χ0) is 10.6. The Morgan fingerprint density at radius 2 is 2.29 bits per heavy atom. The monoisotopic (exact) mass is 274 g/mol. The number of aliphatic carboxylic acids is 1. The van der Waals surface area contributed by atoms with Crippen molar-refractivity contribution in [2.45, 2.75) is 18.2 Å². The van der Waals surface area contributed by atoms with E-state index < -0.39 is 5.97 Å². The van der Waals surface area contributed by atoms with Crippen LogP contribution in [0.4, 0.5) is 0 Å². The van der Waals surface area contributed by atoms with Gasteiger partial charge in [-0.3, -0.25) is 4.79 Å². The maximum Gasteiger partial charge on any atom is 0.307 e. The average Bonchev–Trinajstić information content (AvgIpc) is 2.10. The van der Waals surface area contributed by atoms with E-state index in [0.717, 1.165) is 20.7 Å².